The molecule has 15 heavy (non-hydrogen) atoms. The molecule has 0 aliphatic heterocycles. The Morgan fingerprint density at radius 2 is 2.07 bits per heavy atom. The molecule has 2 rings (SSSR count). The van der Waals surface area contributed by atoms with Gasteiger partial charge in [0, 0.05) is 6.54 Å². The van der Waals surface area contributed by atoms with E-state index < -0.39 is 11.9 Å². The number of alkyl halides is 3. The molecule has 0 spiro atoms. The van der Waals surface area contributed by atoms with Gasteiger partial charge in [-0.05, 0) is 30.9 Å². The number of pyridine rings is 1. The summed E-state index contributed by atoms with van der Waals surface area (Å²) in [7, 11) is 0. The molecule has 0 bridgehead atoms. The van der Waals surface area contributed by atoms with E-state index in [1.54, 1.807) is 0 Å². The molecule has 2 nitrogen and oxygen atoms in total. The molecule has 1 aromatic rings. The van der Waals surface area contributed by atoms with E-state index in [2.05, 4.69) is 10.3 Å². The zero-order valence-electron chi connectivity index (χ0n) is 8.01. The smallest absolute Gasteiger partial charge is 0.384 e. The lowest BCUT2D eigenvalue weighted by atomic mass is 10.3. The van der Waals surface area contributed by atoms with Crippen LogP contribution in [-0.2, 0) is 6.18 Å². The topological polar surface area (TPSA) is 24.9 Å². The van der Waals surface area contributed by atoms with Crippen LogP contribution in [0.3, 0.4) is 0 Å². The molecule has 1 aromatic heterocycles. The van der Waals surface area contributed by atoms with Crippen LogP contribution in [-0.4, -0.2) is 11.5 Å². The Labute approximate surface area is 85.5 Å². The minimum atomic E-state index is -4.35. The fraction of sp³-hybridized carbons (Fsp3) is 0.500. The molecule has 5 heteroatoms. The summed E-state index contributed by atoms with van der Waals surface area (Å²) in [5.74, 6) is 0.687. The number of hydrogen-bond donors (Lipinski definition) is 1. The third-order valence-corrected chi connectivity index (χ3v) is 2.35. The second-order valence-electron chi connectivity index (χ2n) is 3.75. The van der Waals surface area contributed by atoms with Crippen LogP contribution in [0.5, 0.6) is 0 Å². The second kappa shape index (κ2) is 3.72. The lowest BCUT2D eigenvalue weighted by molar-refractivity contribution is -0.141. The van der Waals surface area contributed by atoms with Crippen molar-refractivity contribution >= 4 is 5.69 Å². The van der Waals surface area contributed by atoms with Crippen molar-refractivity contribution in [2.45, 2.75) is 19.0 Å². The van der Waals surface area contributed by atoms with Crippen LogP contribution in [0.1, 0.15) is 18.5 Å². The summed E-state index contributed by atoms with van der Waals surface area (Å²) in [5, 5.41) is 3.06. The van der Waals surface area contributed by atoms with Crippen molar-refractivity contribution in [1.82, 2.24) is 4.98 Å². The van der Waals surface area contributed by atoms with Crippen molar-refractivity contribution in [3.05, 3.63) is 24.0 Å². The summed E-state index contributed by atoms with van der Waals surface area (Å²) in [4.78, 5) is 3.36. The van der Waals surface area contributed by atoms with Gasteiger partial charge < -0.3 is 5.32 Å². The maximum atomic E-state index is 12.2. The third-order valence-electron chi connectivity index (χ3n) is 2.35. The highest BCUT2D eigenvalue weighted by molar-refractivity contribution is 5.41. The van der Waals surface area contributed by atoms with Crippen LogP contribution in [0, 0.1) is 5.92 Å². The van der Waals surface area contributed by atoms with Crippen molar-refractivity contribution in [2.75, 3.05) is 11.9 Å². The molecule has 1 aliphatic rings. The molecule has 1 N–H and O–H groups in total. The lowest BCUT2D eigenvalue weighted by Gasteiger charge is -2.07. The van der Waals surface area contributed by atoms with Crippen LogP contribution >= 0.6 is 0 Å². The Balaban J connectivity index is 1.96. The van der Waals surface area contributed by atoms with E-state index in [-0.39, 0.29) is 0 Å². The molecular weight excluding hydrogens is 205 g/mol. The molecule has 0 saturated heterocycles. The number of rotatable bonds is 3. The normalized spacial score (nSPS) is 16.5. The minimum Gasteiger partial charge on any atom is -0.384 e. The van der Waals surface area contributed by atoms with Crippen LogP contribution in [0.2, 0.25) is 0 Å². The summed E-state index contributed by atoms with van der Waals surface area (Å²) >= 11 is 0. The van der Waals surface area contributed by atoms with E-state index in [1.807, 2.05) is 0 Å². The summed E-state index contributed by atoms with van der Waals surface area (Å²) in [6.07, 6.45) is -0.706. The molecule has 1 heterocycles. The fourth-order valence-electron chi connectivity index (χ4n) is 1.25. The van der Waals surface area contributed by atoms with Gasteiger partial charge in [0.15, 0.2) is 0 Å². The molecule has 0 radical (unpaired) electrons. The van der Waals surface area contributed by atoms with Crippen LogP contribution in [0.15, 0.2) is 18.3 Å². The summed E-state index contributed by atoms with van der Waals surface area (Å²) < 4.78 is 36.5. The van der Waals surface area contributed by atoms with Gasteiger partial charge in [-0.2, -0.15) is 13.2 Å². The molecule has 0 aromatic carbocycles. The zero-order valence-corrected chi connectivity index (χ0v) is 8.01. The summed E-state index contributed by atoms with van der Waals surface area (Å²) in [5.41, 5.74) is -0.200. The van der Waals surface area contributed by atoms with Crippen LogP contribution in [0.4, 0.5) is 18.9 Å². The molecule has 1 aliphatic carbocycles. The molecule has 1 fully saturated rings. The average molecular weight is 216 g/mol. The van der Waals surface area contributed by atoms with Crippen molar-refractivity contribution < 1.29 is 13.2 Å². The molecule has 82 valence electrons. The third kappa shape index (κ3) is 2.84. The van der Waals surface area contributed by atoms with Gasteiger partial charge in [-0.25, -0.2) is 4.98 Å². The molecule has 1 saturated carbocycles. The van der Waals surface area contributed by atoms with E-state index in [0.29, 0.717) is 11.6 Å². The van der Waals surface area contributed by atoms with Gasteiger partial charge in [0.25, 0.3) is 0 Å². The Morgan fingerprint density at radius 3 is 2.53 bits per heavy atom. The van der Waals surface area contributed by atoms with Crippen molar-refractivity contribution in [2.24, 2.45) is 5.92 Å². The van der Waals surface area contributed by atoms with E-state index in [0.717, 1.165) is 12.6 Å². The first-order valence-corrected chi connectivity index (χ1v) is 4.83. The Bertz CT molecular complexity index is 328. The predicted molar refractivity (Wildman–Crippen MR) is 50.5 cm³/mol. The highest BCUT2D eigenvalue weighted by atomic mass is 19.4. The van der Waals surface area contributed by atoms with Crippen LogP contribution in [0.25, 0.3) is 0 Å². The Morgan fingerprint density at radius 1 is 1.33 bits per heavy atom. The van der Waals surface area contributed by atoms with Crippen LogP contribution < -0.4 is 5.32 Å². The number of aromatic nitrogens is 1. The van der Waals surface area contributed by atoms with Gasteiger partial charge in [0.1, 0.15) is 5.69 Å². The number of nitrogens with one attached hydrogen (secondary N) is 1. The Kier molecular flexibility index (Phi) is 2.54. The standard InChI is InChI=1S/C10H11F3N2/c11-10(12,13)9-4-3-8(6-15-9)14-5-7-1-2-7/h3-4,6-7,14H,1-2,5H2. The monoisotopic (exact) mass is 216 g/mol. The largest absolute Gasteiger partial charge is 0.433 e. The quantitative estimate of drug-likeness (QED) is 0.840. The van der Waals surface area contributed by atoms with E-state index in [9.17, 15) is 13.2 Å². The zero-order chi connectivity index (χ0) is 10.9. The maximum absolute atomic E-state index is 12.2. The molecule has 0 atom stereocenters. The van der Waals surface area contributed by atoms with Gasteiger partial charge in [0.2, 0.25) is 0 Å². The molecular formula is C10H11F3N2. The average Bonchev–Trinajstić information content (AvgIpc) is 2.97. The highest BCUT2D eigenvalue weighted by Gasteiger charge is 2.32. The van der Waals surface area contributed by atoms with Gasteiger partial charge in [-0.1, -0.05) is 0 Å². The predicted octanol–water partition coefficient (Wildman–Crippen LogP) is 2.92. The molecule has 0 unspecified atom stereocenters. The van der Waals surface area contributed by atoms with E-state index in [4.69, 9.17) is 0 Å². The summed E-state index contributed by atoms with van der Waals surface area (Å²) in [6.45, 7) is 0.826. The minimum absolute atomic E-state index is 0.648. The number of anilines is 1. The SMILES string of the molecule is FC(F)(F)c1ccc(NCC2CC2)cn1. The number of hydrogen-bond acceptors (Lipinski definition) is 2. The number of nitrogens with zero attached hydrogens (tertiary/aromatic N) is 1. The van der Waals surface area contributed by atoms with Crippen molar-refractivity contribution in [1.29, 1.82) is 0 Å². The van der Waals surface area contributed by atoms with E-state index >= 15 is 0 Å². The molecule has 0 amide bonds. The van der Waals surface area contributed by atoms with Gasteiger partial charge in [0.05, 0.1) is 11.9 Å². The van der Waals surface area contributed by atoms with Crippen molar-refractivity contribution in [3.8, 4) is 0 Å². The second-order valence-corrected chi connectivity index (χ2v) is 3.75. The van der Waals surface area contributed by atoms with Gasteiger partial charge in [-0.15, -0.1) is 0 Å². The first-order valence-electron chi connectivity index (χ1n) is 4.83. The fourth-order valence-corrected chi connectivity index (χ4v) is 1.25. The highest BCUT2D eigenvalue weighted by Crippen LogP contribution is 2.30. The number of halogens is 3. The van der Waals surface area contributed by atoms with Crippen molar-refractivity contribution in [3.63, 3.8) is 0 Å². The first-order chi connectivity index (χ1) is 7.05. The maximum Gasteiger partial charge on any atom is 0.433 e. The first kappa shape index (κ1) is 10.3. The van der Waals surface area contributed by atoms with Gasteiger partial charge >= 0.3 is 6.18 Å². The Hall–Kier alpha value is -1.26. The van der Waals surface area contributed by atoms with E-state index in [1.165, 1.54) is 25.1 Å². The van der Waals surface area contributed by atoms with Gasteiger partial charge in [-0.3, -0.25) is 0 Å². The lowest BCUT2D eigenvalue weighted by Crippen LogP contribution is -2.09. The summed E-state index contributed by atoms with van der Waals surface area (Å²) in [6, 6.07) is 2.41.